The van der Waals surface area contributed by atoms with Crippen molar-refractivity contribution in [1.82, 2.24) is 0 Å². The summed E-state index contributed by atoms with van der Waals surface area (Å²) in [6.45, 7) is 7.29. The zero-order valence-corrected chi connectivity index (χ0v) is 12.9. The molecule has 0 unspecified atom stereocenters. The quantitative estimate of drug-likeness (QED) is 0.483. The van der Waals surface area contributed by atoms with Crippen LogP contribution in [0.4, 0.5) is 0 Å². The number of hydrogen-bond donors (Lipinski definition) is 0. The SMILES string of the molecule is CCCCS(=O)(=O)[OH+]S(CC)(CC)CC(C)=O. The minimum absolute atomic E-state index is 0.0261. The molecule has 0 spiro atoms. The van der Waals surface area contributed by atoms with Crippen molar-refractivity contribution in [2.45, 2.75) is 40.5 Å². The molecular formula is C11H25O4S2+. The normalized spacial score (nSPS) is 13.6. The van der Waals surface area contributed by atoms with Gasteiger partial charge in [-0.15, -0.1) is 0 Å². The molecule has 0 heterocycles. The van der Waals surface area contributed by atoms with E-state index < -0.39 is 20.4 Å². The third-order valence-corrected chi connectivity index (χ3v) is 8.65. The summed E-state index contributed by atoms with van der Waals surface area (Å²) in [6, 6.07) is 0. The van der Waals surface area contributed by atoms with Gasteiger partial charge in [-0.05, 0) is 23.7 Å². The Labute approximate surface area is 107 Å². The molecule has 0 bridgehead atoms. The molecule has 0 radical (unpaired) electrons. The van der Waals surface area contributed by atoms with E-state index in [2.05, 4.69) is 3.63 Å². The second-order valence-corrected chi connectivity index (χ2v) is 9.75. The maximum atomic E-state index is 11.8. The lowest BCUT2D eigenvalue weighted by molar-refractivity contribution is -0.114. The van der Waals surface area contributed by atoms with Crippen LogP contribution >= 0.6 is 10.3 Å². The van der Waals surface area contributed by atoms with Crippen molar-refractivity contribution in [2.24, 2.45) is 0 Å². The van der Waals surface area contributed by atoms with Crippen molar-refractivity contribution in [3.8, 4) is 0 Å². The predicted molar refractivity (Wildman–Crippen MR) is 75.5 cm³/mol. The Morgan fingerprint density at radius 2 is 1.65 bits per heavy atom. The average Bonchev–Trinajstić information content (AvgIpc) is 2.24. The van der Waals surface area contributed by atoms with Crippen LogP contribution in [0.1, 0.15) is 40.5 Å². The van der Waals surface area contributed by atoms with E-state index >= 15 is 0 Å². The highest BCUT2D eigenvalue weighted by Crippen LogP contribution is 2.47. The first-order valence-corrected chi connectivity index (χ1v) is 9.74. The summed E-state index contributed by atoms with van der Waals surface area (Å²) in [5.74, 6) is 1.75. The van der Waals surface area contributed by atoms with Crippen molar-refractivity contribution in [1.29, 1.82) is 0 Å². The summed E-state index contributed by atoms with van der Waals surface area (Å²) < 4.78 is 27.8. The molecule has 1 N–H and O–H groups in total. The minimum Gasteiger partial charge on any atom is -0.299 e. The number of rotatable bonds is 9. The lowest BCUT2D eigenvalue weighted by Gasteiger charge is -2.30. The molecular weight excluding hydrogens is 260 g/mol. The first kappa shape index (κ1) is 16.9. The van der Waals surface area contributed by atoms with Gasteiger partial charge in [-0.1, -0.05) is 27.2 Å². The van der Waals surface area contributed by atoms with Crippen LogP contribution in [0.2, 0.25) is 0 Å². The molecule has 6 heteroatoms. The van der Waals surface area contributed by atoms with Crippen LogP contribution in [0.15, 0.2) is 0 Å². The standard InChI is InChI=1S/C11H24O4S2/c1-5-8-9-17(13,14)15-16(6-2,7-3)10-11(4)12/h5-10H2,1-4H3/p+1. The van der Waals surface area contributed by atoms with E-state index in [1.165, 1.54) is 6.92 Å². The van der Waals surface area contributed by atoms with E-state index in [0.29, 0.717) is 23.7 Å². The van der Waals surface area contributed by atoms with Crippen LogP contribution in [0.25, 0.3) is 0 Å². The van der Waals surface area contributed by atoms with Crippen LogP contribution in [0, 0.1) is 0 Å². The zero-order valence-electron chi connectivity index (χ0n) is 11.2. The van der Waals surface area contributed by atoms with Crippen molar-refractivity contribution >= 4 is 26.2 Å². The van der Waals surface area contributed by atoms with E-state index in [1.807, 2.05) is 20.8 Å². The van der Waals surface area contributed by atoms with Gasteiger partial charge in [0.1, 0.15) is 11.5 Å². The predicted octanol–water partition coefficient (Wildman–Crippen LogP) is 2.56. The largest absolute Gasteiger partial charge is 0.390 e. The van der Waals surface area contributed by atoms with Crippen molar-refractivity contribution in [3.05, 3.63) is 0 Å². The Bertz CT molecular complexity index is 331. The molecule has 4 nitrogen and oxygen atoms in total. The summed E-state index contributed by atoms with van der Waals surface area (Å²) in [7, 11) is -5.03. The van der Waals surface area contributed by atoms with Crippen molar-refractivity contribution in [3.63, 3.8) is 0 Å². The molecule has 0 rings (SSSR count). The highest BCUT2D eigenvalue weighted by molar-refractivity contribution is 8.32. The Balaban J connectivity index is 4.80. The fraction of sp³-hybridized carbons (Fsp3) is 0.909. The topological polar surface area (TPSA) is 64.0 Å². The second-order valence-electron chi connectivity index (χ2n) is 4.14. The van der Waals surface area contributed by atoms with Gasteiger partial charge in [0.2, 0.25) is 0 Å². The first-order chi connectivity index (χ1) is 7.81. The molecule has 0 saturated carbocycles. The van der Waals surface area contributed by atoms with Crippen LogP contribution in [0.5, 0.6) is 0 Å². The first-order valence-electron chi connectivity index (χ1n) is 6.03. The summed E-state index contributed by atoms with van der Waals surface area (Å²) in [5, 5.41) is 0. The van der Waals surface area contributed by atoms with Gasteiger partial charge in [0.15, 0.2) is 0 Å². The maximum Gasteiger partial charge on any atom is 0.390 e. The number of ketones is 1. The highest BCUT2D eigenvalue weighted by Gasteiger charge is 2.34. The van der Waals surface area contributed by atoms with Crippen LogP contribution in [0.3, 0.4) is 0 Å². The van der Waals surface area contributed by atoms with Gasteiger partial charge in [-0.2, -0.15) is 8.42 Å². The average molecular weight is 285 g/mol. The Morgan fingerprint density at radius 1 is 1.12 bits per heavy atom. The van der Waals surface area contributed by atoms with E-state index in [9.17, 15) is 13.2 Å². The molecule has 0 aliphatic heterocycles. The van der Waals surface area contributed by atoms with Gasteiger partial charge >= 0.3 is 10.1 Å². The van der Waals surface area contributed by atoms with E-state index in [0.717, 1.165) is 6.42 Å². The number of Topliss-reactive ketones (excluding diaryl/α,β-unsaturated/α-hetero) is 1. The van der Waals surface area contributed by atoms with Crippen molar-refractivity contribution in [2.75, 3.05) is 23.0 Å². The van der Waals surface area contributed by atoms with Crippen LogP contribution < -0.4 is 0 Å². The zero-order chi connectivity index (χ0) is 13.5. The van der Waals surface area contributed by atoms with Crippen LogP contribution in [-0.2, 0) is 14.9 Å². The Morgan fingerprint density at radius 3 is 2.00 bits per heavy atom. The molecule has 0 aliphatic carbocycles. The Hall–Kier alpha value is -0.0700. The van der Waals surface area contributed by atoms with Crippen molar-refractivity contribution < 1.29 is 16.8 Å². The van der Waals surface area contributed by atoms with E-state index in [-0.39, 0.29) is 11.5 Å². The van der Waals surface area contributed by atoms with Crippen LogP contribution in [-0.4, -0.2) is 40.8 Å². The van der Waals surface area contributed by atoms with Gasteiger partial charge in [0, 0.05) is 11.5 Å². The fourth-order valence-electron chi connectivity index (χ4n) is 1.52. The smallest absolute Gasteiger partial charge is 0.299 e. The molecule has 104 valence electrons. The summed E-state index contributed by atoms with van der Waals surface area (Å²) in [6.07, 6.45) is 1.47. The molecule has 0 aromatic carbocycles. The van der Waals surface area contributed by atoms with Gasteiger partial charge in [-0.25, -0.2) is 0 Å². The van der Waals surface area contributed by atoms with E-state index in [1.54, 1.807) is 0 Å². The summed E-state index contributed by atoms with van der Waals surface area (Å²) in [4.78, 5) is 11.2. The fourth-order valence-corrected chi connectivity index (χ4v) is 7.03. The highest BCUT2D eigenvalue weighted by atomic mass is 32.3. The molecule has 0 aromatic rings. The third kappa shape index (κ3) is 6.43. The Kier molecular flexibility index (Phi) is 7.35. The number of unbranched alkanes of at least 4 members (excludes halogenated alkanes) is 1. The number of carbonyl (C=O) groups is 1. The third-order valence-electron chi connectivity index (χ3n) is 2.57. The monoisotopic (exact) mass is 285 g/mol. The molecule has 0 aromatic heterocycles. The molecule has 17 heavy (non-hydrogen) atoms. The molecule has 0 atom stereocenters. The maximum absolute atomic E-state index is 11.8. The molecule has 0 fully saturated rings. The summed E-state index contributed by atoms with van der Waals surface area (Å²) in [5.41, 5.74) is 0. The van der Waals surface area contributed by atoms with Gasteiger partial charge < -0.3 is 0 Å². The molecule has 0 saturated heterocycles. The summed E-state index contributed by atoms with van der Waals surface area (Å²) >= 11 is 0. The number of hydrogen-bond acceptors (Lipinski definition) is 3. The molecule has 0 amide bonds. The number of carbonyl (C=O) groups excluding carboxylic acids is 1. The van der Waals surface area contributed by atoms with Gasteiger partial charge in [0.05, 0.1) is 5.75 Å². The minimum atomic E-state index is -3.36. The van der Waals surface area contributed by atoms with E-state index in [4.69, 9.17) is 0 Å². The van der Waals surface area contributed by atoms with Gasteiger partial charge in [0.25, 0.3) is 0 Å². The molecule has 0 aliphatic rings. The van der Waals surface area contributed by atoms with Gasteiger partial charge in [-0.3, -0.25) is 8.42 Å². The lowest BCUT2D eigenvalue weighted by Crippen LogP contribution is -2.26. The second kappa shape index (κ2) is 7.38. The lowest BCUT2D eigenvalue weighted by atomic mass is 10.4.